The van der Waals surface area contributed by atoms with Gasteiger partial charge in [0.2, 0.25) is 0 Å². The maximum atomic E-state index is 4.94. The SMILES string of the molecule is CC[CH](C)[Sn]=[S]. The zero-order valence-corrected chi connectivity index (χ0v) is 7.86. The second-order valence-corrected chi connectivity index (χ2v) is 6.49. The molecule has 0 nitrogen and oxygen atoms in total. The van der Waals surface area contributed by atoms with Gasteiger partial charge in [0.05, 0.1) is 0 Å². The average Bonchev–Trinajstić information content (AvgIpc) is 1.65. The van der Waals surface area contributed by atoms with E-state index in [9.17, 15) is 0 Å². The zero-order chi connectivity index (χ0) is 4.99. The van der Waals surface area contributed by atoms with Crippen molar-refractivity contribution < 1.29 is 0 Å². The van der Waals surface area contributed by atoms with Crippen LogP contribution in [0.5, 0.6) is 0 Å². The Morgan fingerprint density at radius 1 is 1.83 bits per heavy atom. The van der Waals surface area contributed by atoms with Crippen molar-refractivity contribution in [3.05, 3.63) is 0 Å². The molecule has 0 rings (SSSR count). The molecule has 1 atom stereocenters. The van der Waals surface area contributed by atoms with Crippen molar-refractivity contribution in [2.45, 2.75) is 24.2 Å². The summed E-state index contributed by atoms with van der Waals surface area (Å²) in [5.41, 5.74) is 0. The third-order valence-corrected chi connectivity index (χ3v) is 5.83. The molecule has 35 valence electrons. The van der Waals surface area contributed by atoms with Gasteiger partial charge in [-0.05, 0) is 0 Å². The standard InChI is InChI=1S/C4H9.S.Sn/c1-3-4-2;;/h3H,4H2,1-2H3;;. The van der Waals surface area contributed by atoms with Gasteiger partial charge in [0.15, 0.2) is 0 Å². The van der Waals surface area contributed by atoms with Gasteiger partial charge in [0.25, 0.3) is 0 Å². The Hall–Kier alpha value is 1.02. The summed E-state index contributed by atoms with van der Waals surface area (Å²) >= 11 is -0.300. The van der Waals surface area contributed by atoms with Gasteiger partial charge in [-0.2, -0.15) is 0 Å². The Kier molecular flexibility index (Phi) is 4.90. The van der Waals surface area contributed by atoms with E-state index in [4.69, 9.17) is 9.29 Å². The van der Waals surface area contributed by atoms with Crippen molar-refractivity contribution in [1.82, 2.24) is 0 Å². The quantitative estimate of drug-likeness (QED) is 0.625. The van der Waals surface area contributed by atoms with Crippen molar-refractivity contribution in [2.24, 2.45) is 0 Å². The molecule has 1 unspecified atom stereocenters. The van der Waals surface area contributed by atoms with E-state index < -0.39 is 0 Å². The van der Waals surface area contributed by atoms with Crippen LogP contribution in [0.25, 0.3) is 0 Å². The Morgan fingerprint density at radius 3 is 2.33 bits per heavy atom. The fourth-order valence-electron chi connectivity index (χ4n) is 0.0833. The molecule has 0 N–H and O–H groups in total. The topological polar surface area (TPSA) is 0 Å². The maximum absolute atomic E-state index is 4.94. The predicted octanol–water partition coefficient (Wildman–Crippen LogP) is 2.02. The van der Waals surface area contributed by atoms with Crippen LogP contribution in [0.3, 0.4) is 0 Å². The first-order valence-electron chi connectivity index (χ1n) is 2.19. The molecular weight excluding hydrogens is 199 g/mol. The van der Waals surface area contributed by atoms with E-state index in [0.717, 1.165) is 3.93 Å². The molecule has 0 aromatic heterocycles. The summed E-state index contributed by atoms with van der Waals surface area (Å²) in [6.07, 6.45) is 1.30. The monoisotopic (exact) mass is 209 g/mol. The summed E-state index contributed by atoms with van der Waals surface area (Å²) in [6.45, 7) is 4.46. The third kappa shape index (κ3) is 3.22. The zero-order valence-electron chi connectivity index (χ0n) is 4.19. The van der Waals surface area contributed by atoms with Crippen LogP contribution in [0.15, 0.2) is 0 Å². The van der Waals surface area contributed by atoms with Crippen LogP contribution >= 0.6 is 9.29 Å². The molecule has 0 aliphatic carbocycles. The minimum absolute atomic E-state index is 0.300. The summed E-state index contributed by atoms with van der Waals surface area (Å²) in [5, 5.41) is 0. The minimum atomic E-state index is -0.300. The van der Waals surface area contributed by atoms with E-state index in [-0.39, 0.29) is 19.2 Å². The molecule has 0 aromatic carbocycles. The number of hydrogen-bond acceptors (Lipinski definition) is 1. The fraction of sp³-hybridized carbons (Fsp3) is 1.00. The number of rotatable bonds is 2. The average molecular weight is 208 g/mol. The molecule has 0 saturated heterocycles. The van der Waals surface area contributed by atoms with E-state index in [0.29, 0.717) is 0 Å². The molecule has 0 amide bonds. The second kappa shape index (κ2) is 4.18. The van der Waals surface area contributed by atoms with Crippen molar-refractivity contribution in [1.29, 1.82) is 0 Å². The Balaban J connectivity index is 2.96. The summed E-state index contributed by atoms with van der Waals surface area (Å²) < 4.78 is 0.920. The number of hydrogen-bond donors (Lipinski definition) is 0. The van der Waals surface area contributed by atoms with E-state index in [1.807, 2.05) is 0 Å². The molecule has 0 aromatic rings. The summed E-state index contributed by atoms with van der Waals surface area (Å²) in [7, 11) is 4.94. The van der Waals surface area contributed by atoms with Crippen LogP contribution in [0.1, 0.15) is 20.3 Å². The molecule has 0 heterocycles. The molecule has 6 heavy (non-hydrogen) atoms. The first kappa shape index (κ1) is 7.02. The summed E-state index contributed by atoms with van der Waals surface area (Å²) in [6, 6.07) is 0. The molecular formula is C4H9SSn. The first-order valence-corrected chi connectivity index (χ1v) is 7.74. The van der Waals surface area contributed by atoms with Gasteiger partial charge in [-0.3, -0.25) is 0 Å². The van der Waals surface area contributed by atoms with E-state index >= 15 is 0 Å². The third-order valence-electron chi connectivity index (χ3n) is 0.814. The van der Waals surface area contributed by atoms with Crippen LogP contribution < -0.4 is 0 Å². The molecule has 0 saturated carbocycles. The van der Waals surface area contributed by atoms with Crippen LogP contribution in [0.2, 0.25) is 3.93 Å². The molecule has 2 heteroatoms. The molecule has 0 fully saturated rings. The van der Waals surface area contributed by atoms with Crippen LogP contribution in [0.4, 0.5) is 0 Å². The normalized spacial score (nSPS) is 13.7. The van der Waals surface area contributed by atoms with Crippen LogP contribution in [-0.4, -0.2) is 19.2 Å². The van der Waals surface area contributed by atoms with Gasteiger partial charge >= 0.3 is 52.7 Å². The molecule has 0 spiro atoms. The van der Waals surface area contributed by atoms with E-state index in [1.165, 1.54) is 6.42 Å². The van der Waals surface area contributed by atoms with Gasteiger partial charge in [0, 0.05) is 0 Å². The van der Waals surface area contributed by atoms with Gasteiger partial charge < -0.3 is 0 Å². The van der Waals surface area contributed by atoms with Gasteiger partial charge in [-0.15, -0.1) is 0 Å². The molecule has 0 aliphatic rings. The van der Waals surface area contributed by atoms with Crippen LogP contribution in [-0.2, 0) is 0 Å². The van der Waals surface area contributed by atoms with Gasteiger partial charge in [0.1, 0.15) is 0 Å². The van der Waals surface area contributed by atoms with E-state index in [1.54, 1.807) is 0 Å². The Bertz CT molecular complexity index is 44.8. The van der Waals surface area contributed by atoms with Crippen molar-refractivity contribution in [3.8, 4) is 0 Å². The predicted molar refractivity (Wildman–Crippen MR) is 33.1 cm³/mol. The van der Waals surface area contributed by atoms with Crippen molar-refractivity contribution in [2.75, 3.05) is 0 Å². The van der Waals surface area contributed by atoms with Gasteiger partial charge in [-0.1, -0.05) is 0 Å². The Morgan fingerprint density at radius 2 is 2.33 bits per heavy atom. The van der Waals surface area contributed by atoms with E-state index in [2.05, 4.69) is 13.8 Å². The van der Waals surface area contributed by atoms with Crippen LogP contribution in [0, 0.1) is 0 Å². The first-order chi connectivity index (χ1) is 2.81. The van der Waals surface area contributed by atoms with Crippen molar-refractivity contribution >= 4 is 28.5 Å². The van der Waals surface area contributed by atoms with Gasteiger partial charge in [-0.25, -0.2) is 0 Å². The Labute approximate surface area is 52.7 Å². The second-order valence-electron chi connectivity index (χ2n) is 1.43. The summed E-state index contributed by atoms with van der Waals surface area (Å²) in [4.78, 5) is 0. The fourth-order valence-corrected chi connectivity index (χ4v) is 1.68. The summed E-state index contributed by atoms with van der Waals surface area (Å²) in [5.74, 6) is 0. The molecule has 0 aliphatic heterocycles. The molecule has 0 bridgehead atoms. The van der Waals surface area contributed by atoms with Crippen molar-refractivity contribution in [3.63, 3.8) is 0 Å². The molecule has 1 radical (unpaired) electrons.